The SMILES string of the molecule is CCC(=O)/C=C(\O)C(C)OC.[Fe]. The van der Waals surface area contributed by atoms with Crippen molar-refractivity contribution in [2.45, 2.75) is 26.4 Å². The molecule has 4 heteroatoms. The van der Waals surface area contributed by atoms with Crippen molar-refractivity contribution in [1.82, 2.24) is 0 Å². The Bertz CT molecular complexity index is 166. The second kappa shape index (κ2) is 7.34. The first-order valence-corrected chi connectivity index (χ1v) is 3.58. The van der Waals surface area contributed by atoms with Crippen molar-refractivity contribution in [2.24, 2.45) is 0 Å². The number of ether oxygens (including phenoxy) is 1. The van der Waals surface area contributed by atoms with Crippen molar-refractivity contribution >= 4 is 5.78 Å². The summed E-state index contributed by atoms with van der Waals surface area (Å²) in [5.41, 5.74) is 0. The monoisotopic (exact) mass is 214 g/mol. The van der Waals surface area contributed by atoms with E-state index in [1.165, 1.54) is 13.2 Å². The van der Waals surface area contributed by atoms with Crippen LogP contribution in [0.5, 0.6) is 0 Å². The molecule has 0 amide bonds. The Morgan fingerprint density at radius 3 is 2.50 bits per heavy atom. The normalized spacial score (nSPS) is 13.4. The molecule has 1 atom stereocenters. The maximum atomic E-state index is 10.8. The molecule has 1 unspecified atom stereocenters. The van der Waals surface area contributed by atoms with Gasteiger partial charge >= 0.3 is 0 Å². The number of ketones is 1. The van der Waals surface area contributed by atoms with E-state index in [-0.39, 0.29) is 28.6 Å². The van der Waals surface area contributed by atoms with Crippen LogP contribution in [0.1, 0.15) is 20.3 Å². The average molecular weight is 214 g/mol. The fourth-order valence-electron chi connectivity index (χ4n) is 0.505. The molecule has 12 heavy (non-hydrogen) atoms. The van der Waals surface area contributed by atoms with Gasteiger partial charge in [0.1, 0.15) is 11.9 Å². The third-order valence-electron chi connectivity index (χ3n) is 1.43. The Labute approximate surface area is 83.3 Å². The van der Waals surface area contributed by atoms with Gasteiger partial charge in [0.05, 0.1) is 0 Å². The largest absolute Gasteiger partial charge is 0.509 e. The molecule has 1 N–H and O–H groups in total. The molecule has 0 aromatic carbocycles. The minimum Gasteiger partial charge on any atom is -0.509 e. The van der Waals surface area contributed by atoms with Crippen LogP contribution in [0, 0.1) is 0 Å². The Morgan fingerprint density at radius 1 is 1.67 bits per heavy atom. The zero-order valence-electron chi connectivity index (χ0n) is 7.48. The van der Waals surface area contributed by atoms with Crippen LogP contribution in [-0.2, 0) is 26.6 Å². The first-order chi connectivity index (χ1) is 5.11. The summed E-state index contributed by atoms with van der Waals surface area (Å²) in [5, 5.41) is 9.13. The summed E-state index contributed by atoms with van der Waals surface area (Å²) in [4.78, 5) is 10.8. The quantitative estimate of drug-likeness (QED) is 0.437. The molecule has 0 aromatic heterocycles. The van der Waals surface area contributed by atoms with Gasteiger partial charge in [-0.3, -0.25) is 4.79 Å². The Hall–Kier alpha value is -0.311. The number of allylic oxidation sites excluding steroid dienone is 1. The molecule has 0 heterocycles. The second-order valence-electron chi connectivity index (χ2n) is 2.27. The van der Waals surface area contributed by atoms with Crippen LogP contribution in [-0.4, -0.2) is 24.1 Å². The number of aliphatic hydroxyl groups is 1. The van der Waals surface area contributed by atoms with E-state index in [0.717, 1.165) is 0 Å². The van der Waals surface area contributed by atoms with E-state index in [1.807, 2.05) is 0 Å². The Kier molecular flexibility index (Phi) is 8.71. The predicted molar refractivity (Wildman–Crippen MR) is 42.5 cm³/mol. The van der Waals surface area contributed by atoms with Gasteiger partial charge in [-0.25, -0.2) is 0 Å². The first-order valence-electron chi connectivity index (χ1n) is 3.58. The van der Waals surface area contributed by atoms with E-state index >= 15 is 0 Å². The molecule has 0 aliphatic carbocycles. The molecule has 0 spiro atoms. The van der Waals surface area contributed by atoms with Crippen LogP contribution < -0.4 is 0 Å². The number of carbonyl (C=O) groups is 1. The Balaban J connectivity index is 0. The summed E-state index contributed by atoms with van der Waals surface area (Å²) in [6.07, 6.45) is 1.21. The van der Waals surface area contributed by atoms with Gasteiger partial charge in [-0.05, 0) is 6.92 Å². The van der Waals surface area contributed by atoms with Gasteiger partial charge < -0.3 is 9.84 Å². The molecule has 0 aliphatic heterocycles. The van der Waals surface area contributed by atoms with Crippen molar-refractivity contribution in [1.29, 1.82) is 0 Å². The fraction of sp³-hybridized carbons (Fsp3) is 0.625. The summed E-state index contributed by atoms with van der Waals surface area (Å²) >= 11 is 0. The average Bonchev–Trinajstić information content (AvgIpc) is 2.02. The minimum atomic E-state index is -0.398. The summed E-state index contributed by atoms with van der Waals surface area (Å²) in [5.74, 6) is -0.106. The zero-order chi connectivity index (χ0) is 8.85. The van der Waals surface area contributed by atoms with E-state index in [0.29, 0.717) is 6.42 Å². The van der Waals surface area contributed by atoms with Gasteiger partial charge in [0.2, 0.25) is 0 Å². The van der Waals surface area contributed by atoms with E-state index in [9.17, 15) is 4.79 Å². The minimum absolute atomic E-state index is 0. The molecule has 0 radical (unpaired) electrons. The van der Waals surface area contributed by atoms with Gasteiger partial charge in [-0.1, -0.05) is 6.92 Å². The Morgan fingerprint density at radius 2 is 2.17 bits per heavy atom. The van der Waals surface area contributed by atoms with E-state index in [2.05, 4.69) is 0 Å². The van der Waals surface area contributed by atoms with Crippen LogP contribution in [0.15, 0.2) is 11.8 Å². The third kappa shape index (κ3) is 5.35. The second-order valence-corrected chi connectivity index (χ2v) is 2.27. The van der Waals surface area contributed by atoms with Gasteiger partial charge in [0.15, 0.2) is 5.78 Å². The number of aliphatic hydroxyl groups excluding tert-OH is 1. The third-order valence-corrected chi connectivity index (χ3v) is 1.43. The maximum Gasteiger partial charge on any atom is 0.158 e. The van der Waals surface area contributed by atoms with Crippen LogP contribution in [0.4, 0.5) is 0 Å². The number of rotatable bonds is 4. The van der Waals surface area contributed by atoms with Gasteiger partial charge in [-0.15, -0.1) is 0 Å². The molecule has 0 saturated carbocycles. The van der Waals surface area contributed by atoms with Crippen molar-refractivity contribution in [2.75, 3.05) is 7.11 Å². The smallest absolute Gasteiger partial charge is 0.158 e. The van der Waals surface area contributed by atoms with Gasteiger partial charge in [-0.2, -0.15) is 0 Å². The molecular formula is C8H14FeO3. The zero-order valence-corrected chi connectivity index (χ0v) is 8.58. The van der Waals surface area contributed by atoms with E-state index in [1.54, 1.807) is 13.8 Å². The molecule has 0 fully saturated rings. The van der Waals surface area contributed by atoms with Gasteiger partial charge in [0, 0.05) is 36.7 Å². The summed E-state index contributed by atoms with van der Waals surface area (Å²) in [6, 6.07) is 0. The van der Waals surface area contributed by atoms with Crippen LogP contribution in [0.3, 0.4) is 0 Å². The maximum absolute atomic E-state index is 10.8. The molecule has 0 aromatic rings. The fourth-order valence-corrected chi connectivity index (χ4v) is 0.505. The summed E-state index contributed by atoms with van der Waals surface area (Å²) in [6.45, 7) is 3.42. The summed E-state index contributed by atoms with van der Waals surface area (Å²) < 4.78 is 4.79. The number of hydrogen-bond donors (Lipinski definition) is 1. The molecular weight excluding hydrogens is 200 g/mol. The van der Waals surface area contributed by atoms with E-state index < -0.39 is 6.10 Å². The molecule has 0 rings (SSSR count). The van der Waals surface area contributed by atoms with Crippen molar-refractivity contribution in [3.05, 3.63) is 11.8 Å². The first kappa shape index (κ1) is 14.2. The van der Waals surface area contributed by atoms with E-state index in [4.69, 9.17) is 9.84 Å². The van der Waals surface area contributed by atoms with Crippen LogP contribution in [0.25, 0.3) is 0 Å². The van der Waals surface area contributed by atoms with Crippen LogP contribution >= 0.6 is 0 Å². The molecule has 0 aliphatic rings. The summed E-state index contributed by atoms with van der Waals surface area (Å²) in [7, 11) is 1.48. The number of hydrogen-bond acceptors (Lipinski definition) is 3. The van der Waals surface area contributed by atoms with Crippen LogP contribution in [0.2, 0.25) is 0 Å². The molecule has 0 saturated heterocycles. The van der Waals surface area contributed by atoms with Crippen molar-refractivity contribution in [3.63, 3.8) is 0 Å². The molecule has 72 valence electrons. The predicted octanol–water partition coefficient (Wildman–Crippen LogP) is 1.44. The molecule has 0 bridgehead atoms. The van der Waals surface area contributed by atoms with Gasteiger partial charge in [0.25, 0.3) is 0 Å². The molecule has 3 nitrogen and oxygen atoms in total. The number of carbonyl (C=O) groups excluding carboxylic acids is 1. The standard InChI is InChI=1S/C8H14O3.Fe/c1-4-7(9)5-8(10)6(2)11-3;/h5-6,10H,4H2,1-3H3;/b8-5-;. The number of methoxy groups -OCH3 is 1. The van der Waals surface area contributed by atoms with Crippen molar-refractivity contribution < 1.29 is 31.7 Å². The topological polar surface area (TPSA) is 46.5 Å². The van der Waals surface area contributed by atoms with Crippen molar-refractivity contribution in [3.8, 4) is 0 Å².